The Morgan fingerprint density at radius 2 is 2.21 bits per heavy atom. The molecule has 0 aliphatic rings. The highest BCUT2D eigenvalue weighted by Gasteiger charge is 2.04. The molecule has 1 heterocycles. The van der Waals surface area contributed by atoms with Crippen LogP contribution in [0.4, 0.5) is 0 Å². The molecule has 2 N–H and O–H groups in total. The van der Waals surface area contributed by atoms with Gasteiger partial charge in [-0.25, -0.2) is 9.78 Å². The van der Waals surface area contributed by atoms with Crippen LogP contribution in [-0.2, 0) is 11.3 Å². The molecule has 1 rings (SSSR count). The predicted octanol–water partition coefficient (Wildman–Crippen LogP) is 2.07. The summed E-state index contributed by atoms with van der Waals surface area (Å²) in [7, 11) is 0. The Kier molecular flexibility index (Phi) is 7.07. The summed E-state index contributed by atoms with van der Waals surface area (Å²) in [6, 6.07) is 5.03. The summed E-state index contributed by atoms with van der Waals surface area (Å²) in [6.07, 6.45) is 2.34. The van der Waals surface area contributed by atoms with Crippen molar-refractivity contribution >= 4 is 5.97 Å². The number of carbonyl (C=O) groups is 1. The summed E-state index contributed by atoms with van der Waals surface area (Å²) in [5.74, 6) is -0.993. The molecule has 0 bridgehead atoms. The standard InChI is InChI=1S/C14H22N2O3/c1-11(2)19-9-4-3-8-15-10-12-6-5-7-13(16-12)14(17)18/h5-7,11,15H,3-4,8-10H2,1-2H3,(H,17,18). The number of aromatic carboxylic acids is 1. The molecule has 19 heavy (non-hydrogen) atoms. The van der Waals surface area contributed by atoms with E-state index in [0.29, 0.717) is 6.54 Å². The lowest BCUT2D eigenvalue weighted by atomic mass is 10.3. The first kappa shape index (κ1) is 15.6. The second-order valence-electron chi connectivity index (χ2n) is 4.62. The summed E-state index contributed by atoms with van der Waals surface area (Å²) in [5.41, 5.74) is 0.836. The van der Waals surface area contributed by atoms with Crippen molar-refractivity contribution in [2.24, 2.45) is 0 Å². The van der Waals surface area contributed by atoms with Gasteiger partial charge in [0, 0.05) is 13.2 Å². The molecule has 1 aromatic heterocycles. The highest BCUT2D eigenvalue weighted by atomic mass is 16.5. The normalized spacial score (nSPS) is 10.9. The van der Waals surface area contributed by atoms with Crippen molar-refractivity contribution in [1.82, 2.24) is 10.3 Å². The Balaban J connectivity index is 2.15. The minimum absolute atomic E-state index is 0.0876. The van der Waals surface area contributed by atoms with Crippen molar-refractivity contribution in [2.45, 2.75) is 39.3 Å². The average molecular weight is 266 g/mol. The van der Waals surface area contributed by atoms with Crippen LogP contribution in [0.25, 0.3) is 0 Å². The zero-order valence-electron chi connectivity index (χ0n) is 11.6. The molecule has 0 unspecified atom stereocenters. The first-order valence-corrected chi connectivity index (χ1v) is 6.61. The van der Waals surface area contributed by atoms with E-state index in [4.69, 9.17) is 9.84 Å². The number of hydrogen-bond donors (Lipinski definition) is 2. The molecule has 0 spiro atoms. The van der Waals surface area contributed by atoms with E-state index in [0.717, 1.165) is 31.7 Å². The van der Waals surface area contributed by atoms with Gasteiger partial charge in [0.25, 0.3) is 0 Å². The second-order valence-corrected chi connectivity index (χ2v) is 4.62. The minimum atomic E-state index is -0.993. The summed E-state index contributed by atoms with van der Waals surface area (Å²) < 4.78 is 5.44. The summed E-state index contributed by atoms with van der Waals surface area (Å²) in [5, 5.41) is 12.1. The quantitative estimate of drug-likeness (QED) is 0.669. The molecular formula is C14H22N2O3. The van der Waals surface area contributed by atoms with Crippen LogP contribution in [0.2, 0.25) is 0 Å². The van der Waals surface area contributed by atoms with Crippen LogP contribution in [0.3, 0.4) is 0 Å². The molecule has 5 heteroatoms. The number of hydrogen-bond acceptors (Lipinski definition) is 4. The van der Waals surface area contributed by atoms with E-state index >= 15 is 0 Å². The maximum absolute atomic E-state index is 10.8. The van der Waals surface area contributed by atoms with E-state index in [1.54, 1.807) is 6.07 Å². The molecule has 0 aliphatic carbocycles. The topological polar surface area (TPSA) is 71.5 Å². The number of aromatic nitrogens is 1. The zero-order valence-corrected chi connectivity index (χ0v) is 11.6. The fourth-order valence-electron chi connectivity index (χ4n) is 1.58. The summed E-state index contributed by atoms with van der Waals surface area (Å²) >= 11 is 0. The highest BCUT2D eigenvalue weighted by Crippen LogP contribution is 2.00. The molecule has 0 aliphatic heterocycles. The highest BCUT2D eigenvalue weighted by molar-refractivity contribution is 5.85. The molecule has 0 saturated carbocycles. The van der Waals surface area contributed by atoms with Gasteiger partial charge in [-0.1, -0.05) is 6.07 Å². The van der Waals surface area contributed by atoms with Crippen LogP contribution in [0.5, 0.6) is 0 Å². The molecule has 0 radical (unpaired) electrons. The minimum Gasteiger partial charge on any atom is -0.477 e. The third-order valence-corrected chi connectivity index (χ3v) is 2.53. The van der Waals surface area contributed by atoms with Gasteiger partial charge in [-0.15, -0.1) is 0 Å². The number of nitrogens with zero attached hydrogens (tertiary/aromatic N) is 1. The molecule has 1 aromatic rings. The lowest BCUT2D eigenvalue weighted by Crippen LogP contribution is -2.17. The average Bonchev–Trinajstić information content (AvgIpc) is 2.37. The van der Waals surface area contributed by atoms with Crippen LogP contribution in [0.15, 0.2) is 18.2 Å². The maximum atomic E-state index is 10.8. The van der Waals surface area contributed by atoms with Crippen LogP contribution in [0, 0.1) is 0 Å². The van der Waals surface area contributed by atoms with E-state index in [1.807, 2.05) is 19.9 Å². The molecule has 0 atom stereocenters. The number of unbranched alkanes of at least 4 members (excludes halogenated alkanes) is 1. The lowest BCUT2D eigenvalue weighted by Gasteiger charge is -2.08. The number of pyridine rings is 1. The van der Waals surface area contributed by atoms with Gasteiger partial charge >= 0.3 is 5.97 Å². The number of nitrogens with one attached hydrogen (secondary N) is 1. The molecule has 0 amide bonds. The van der Waals surface area contributed by atoms with Crippen LogP contribution >= 0.6 is 0 Å². The van der Waals surface area contributed by atoms with Crippen LogP contribution in [-0.4, -0.2) is 35.3 Å². The van der Waals surface area contributed by atoms with Gasteiger partial charge in [-0.2, -0.15) is 0 Å². The van der Waals surface area contributed by atoms with E-state index < -0.39 is 5.97 Å². The second kappa shape index (κ2) is 8.61. The molecule has 0 aromatic carbocycles. The third-order valence-electron chi connectivity index (χ3n) is 2.53. The van der Waals surface area contributed by atoms with Crippen molar-refractivity contribution in [3.63, 3.8) is 0 Å². The SMILES string of the molecule is CC(C)OCCCCNCc1cccc(C(=O)O)n1. The fraction of sp³-hybridized carbons (Fsp3) is 0.571. The molecule has 0 fully saturated rings. The maximum Gasteiger partial charge on any atom is 0.354 e. The fourth-order valence-corrected chi connectivity index (χ4v) is 1.58. The Morgan fingerprint density at radius 3 is 2.89 bits per heavy atom. The molecule has 5 nitrogen and oxygen atoms in total. The first-order valence-electron chi connectivity index (χ1n) is 6.61. The van der Waals surface area contributed by atoms with Gasteiger partial charge in [0.15, 0.2) is 0 Å². The summed E-state index contributed by atoms with van der Waals surface area (Å²) in [4.78, 5) is 14.8. The molecule has 0 saturated heterocycles. The van der Waals surface area contributed by atoms with Gasteiger partial charge in [-0.05, 0) is 45.4 Å². The van der Waals surface area contributed by atoms with Gasteiger partial charge in [0.2, 0.25) is 0 Å². The number of rotatable bonds is 9. The van der Waals surface area contributed by atoms with Crippen molar-refractivity contribution in [2.75, 3.05) is 13.2 Å². The smallest absolute Gasteiger partial charge is 0.354 e. The molecule has 106 valence electrons. The van der Waals surface area contributed by atoms with Crippen molar-refractivity contribution in [3.05, 3.63) is 29.6 Å². The van der Waals surface area contributed by atoms with Crippen molar-refractivity contribution in [1.29, 1.82) is 0 Å². The first-order chi connectivity index (χ1) is 9.09. The lowest BCUT2D eigenvalue weighted by molar-refractivity contribution is 0.0689. The number of ether oxygens (including phenoxy) is 1. The Morgan fingerprint density at radius 1 is 1.42 bits per heavy atom. The Bertz CT molecular complexity index is 394. The van der Waals surface area contributed by atoms with E-state index in [1.165, 1.54) is 6.07 Å². The van der Waals surface area contributed by atoms with Crippen LogP contribution in [0.1, 0.15) is 42.9 Å². The van der Waals surface area contributed by atoms with Gasteiger partial charge < -0.3 is 15.2 Å². The predicted molar refractivity (Wildman–Crippen MR) is 73.2 cm³/mol. The summed E-state index contributed by atoms with van der Waals surface area (Å²) in [6.45, 7) is 6.30. The third kappa shape index (κ3) is 6.88. The van der Waals surface area contributed by atoms with E-state index in [9.17, 15) is 4.79 Å². The van der Waals surface area contributed by atoms with Gasteiger partial charge in [-0.3, -0.25) is 0 Å². The van der Waals surface area contributed by atoms with E-state index in [-0.39, 0.29) is 11.8 Å². The number of carboxylic acid groups (broad SMARTS) is 1. The zero-order chi connectivity index (χ0) is 14.1. The van der Waals surface area contributed by atoms with Crippen LogP contribution < -0.4 is 5.32 Å². The monoisotopic (exact) mass is 266 g/mol. The number of carboxylic acids is 1. The van der Waals surface area contributed by atoms with Gasteiger partial charge in [0.1, 0.15) is 5.69 Å². The van der Waals surface area contributed by atoms with Crippen molar-refractivity contribution < 1.29 is 14.6 Å². The Hall–Kier alpha value is -1.46. The van der Waals surface area contributed by atoms with Gasteiger partial charge in [0.05, 0.1) is 11.8 Å². The van der Waals surface area contributed by atoms with E-state index in [2.05, 4.69) is 10.3 Å². The molecular weight excluding hydrogens is 244 g/mol. The largest absolute Gasteiger partial charge is 0.477 e. The Labute approximate surface area is 114 Å². The van der Waals surface area contributed by atoms with Crippen molar-refractivity contribution in [3.8, 4) is 0 Å².